The van der Waals surface area contributed by atoms with Crippen LogP contribution in [0.1, 0.15) is 35.7 Å². The number of rotatable bonds is 6. The molecule has 0 bridgehead atoms. The van der Waals surface area contributed by atoms with E-state index in [1.54, 1.807) is 20.4 Å². The van der Waals surface area contributed by atoms with Crippen molar-refractivity contribution in [2.75, 3.05) is 26.0 Å². The average Bonchev–Trinajstić information content (AvgIpc) is 3.25. The van der Waals surface area contributed by atoms with Crippen molar-refractivity contribution in [3.63, 3.8) is 0 Å². The molecule has 2 aromatic heterocycles. The molecule has 1 aliphatic heterocycles. The Balaban J connectivity index is 1.48. The van der Waals surface area contributed by atoms with Crippen LogP contribution in [0.4, 0.5) is 5.69 Å². The number of nitrogens with one attached hydrogen (secondary N) is 3. The molecule has 1 amide bonds. The molecule has 1 fully saturated rings. The molecule has 30 heavy (non-hydrogen) atoms. The number of ether oxygens (including phenoxy) is 1. The summed E-state index contributed by atoms with van der Waals surface area (Å²) in [6, 6.07) is 11.0. The molecule has 1 saturated heterocycles. The van der Waals surface area contributed by atoms with Crippen molar-refractivity contribution >= 4 is 22.6 Å². The van der Waals surface area contributed by atoms with Gasteiger partial charge in [0.25, 0.3) is 5.91 Å². The van der Waals surface area contributed by atoms with E-state index in [0.29, 0.717) is 17.6 Å². The monoisotopic (exact) mass is 407 g/mol. The quantitative estimate of drug-likeness (QED) is 0.583. The van der Waals surface area contributed by atoms with Crippen molar-refractivity contribution in [1.82, 2.24) is 20.2 Å². The number of hydrogen-bond acceptors (Lipinski definition) is 5. The van der Waals surface area contributed by atoms with Gasteiger partial charge in [0.1, 0.15) is 11.4 Å². The van der Waals surface area contributed by atoms with E-state index in [4.69, 9.17) is 4.74 Å². The second-order valence-corrected chi connectivity index (χ2v) is 7.90. The van der Waals surface area contributed by atoms with E-state index >= 15 is 0 Å². The highest BCUT2D eigenvalue weighted by Crippen LogP contribution is 2.29. The SMILES string of the molecule is CNC(=O)c1cnc2[nH]ccc2c1N[C@@H]1CCN(Cc2cccc(OC)c2)[C@H](C)C1. The van der Waals surface area contributed by atoms with Crippen LogP contribution < -0.4 is 15.4 Å². The fourth-order valence-electron chi connectivity index (χ4n) is 4.27. The van der Waals surface area contributed by atoms with Gasteiger partial charge < -0.3 is 20.4 Å². The smallest absolute Gasteiger partial charge is 0.254 e. The molecule has 2 atom stereocenters. The van der Waals surface area contributed by atoms with Crippen LogP contribution in [0.3, 0.4) is 0 Å². The second-order valence-electron chi connectivity index (χ2n) is 7.90. The topological polar surface area (TPSA) is 82.3 Å². The number of aromatic nitrogens is 2. The first-order chi connectivity index (χ1) is 14.6. The van der Waals surface area contributed by atoms with Crippen LogP contribution in [0.2, 0.25) is 0 Å². The predicted molar refractivity (Wildman–Crippen MR) is 119 cm³/mol. The van der Waals surface area contributed by atoms with E-state index in [1.807, 2.05) is 24.4 Å². The summed E-state index contributed by atoms with van der Waals surface area (Å²) < 4.78 is 5.35. The fraction of sp³-hybridized carbons (Fsp3) is 0.391. The fourth-order valence-corrected chi connectivity index (χ4v) is 4.27. The number of likely N-dealkylation sites (tertiary alicyclic amines) is 1. The van der Waals surface area contributed by atoms with Gasteiger partial charge in [0, 0.05) is 50.0 Å². The average molecular weight is 408 g/mol. The minimum Gasteiger partial charge on any atom is -0.497 e. The van der Waals surface area contributed by atoms with Gasteiger partial charge in [-0.2, -0.15) is 0 Å². The van der Waals surface area contributed by atoms with Crippen molar-refractivity contribution in [2.24, 2.45) is 0 Å². The van der Waals surface area contributed by atoms with E-state index in [1.165, 1.54) is 5.56 Å². The summed E-state index contributed by atoms with van der Waals surface area (Å²) in [5, 5.41) is 7.33. The lowest BCUT2D eigenvalue weighted by Crippen LogP contribution is -2.44. The zero-order chi connectivity index (χ0) is 21.1. The summed E-state index contributed by atoms with van der Waals surface area (Å²) in [4.78, 5) is 22.4. The third-order valence-electron chi connectivity index (χ3n) is 5.94. The standard InChI is InChI=1S/C23H29N5O2/c1-15-11-17(8-10-28(15)14-16-5-4-6-18(12-16)30-3)27-21-19-7-9-25-22(19)26-13-20(21)23(29)24-2/h4-7,9,12-13,15,17H,8,10-11,14H2,1-3H3,(H,24,29)(H2,25,26,27)/t15-,17-/m1/s1. The van der Waals surface area contributed by atoms with Gasteiger partial charge in [0.2, 0.25) is 0 Å². The highest BCUT2D eigenvalue weighted by molar-refractivity contribution is 6.06. The lowest BCUT2D eigenvalue weighted by atomic mass is 9.96. The Morgan fingerprint density at radius 2 is 2.23 bits per heavy atom. The number of piperidine rings is 1. The minimum absolute atomic E-state index is 0.128. The van der Waals surface area contributed by atoms with Crippen LogP contribution >= 0.6 is 0 Å². The highest BCUT2D eigenvalue weighted by atomic mass is 16.5. The number of nitrogens with zero attached hydrogens (tertiary/aromatic N) is 2. The van der Waals surface area contributed by atoms with Crippen LogP contribution in [0.25, 0.3) is 11.0 Å². The Morgan fingerprint density at radius 1 is 1.37 bits per heavy atom. The normalized spacial score (nSPS) is 19.6. The molecule has 3 N–H and O–H groups in total. The summed E-state index contributed by atoms with van der Waals surface area (Å²) in [6.45, 7) is 4.17. The van der Waals surface area contributed by atoms with Gasteiger partial charge >= 0.3 is 0 Å². The van der Waals surface area contributed by atoms with Gasteiger partial charge in [-0.05, 0) is 43.5 Å². The third-order valence-corrected chi connectivity index (χ3v) is 5.94. The number of carbonyl (C=O) groups excluding carboxylic acids is 1. The van der Waals surface area contributed by atoms with Crippen LogP contribution in [-0.4, -0.2) is 53.6 Å². The summed E-state index contributed by atoms with van der Waals surface area (Å²) >= 11 is 0. The Hall–Kier alpha value is -3.06. The van der Waals surface area contributed by atoms with Crippen LogP contribution in [0, 0.1) is 0 Å². The third kappa shape index (κ3) is 4.11. The number of methoxy groups -OCH3 is 1. The summed E-state index contributed by atoms with van der Waals surface area (Å²) in [5.41, 5.74) is 3.49. The number of fused-ring (bicyclic) bond motifs is 1. The number of amides is 1. The van der Waals surface area contributed by atoms with Crippen LogP contribution in [-0.2, 0) is 6.54 Å². The number of pyridine rings is 1. The molecule has 3 aromatic rings. The van der Waals surface area contributed by atoms with Crippen molar-refractivity contribution in [3.8, 4) is 5.75 Å². The molecular weight excluding hydrogens is 378 g/mol. The number of anilines is 1. The maximum absolute atomic E-state index is 12.4. The second kappa shape index (κ2) is 8.75. The van der Waals surface area contributed by atoms with Crippen molar-refractivity contribution < 1.29 is 9.53 Å². The zero-order valence-corrected chi connectivity index (χ0v) is 17.7. The first kappa shape index (κ1) is 20.2. The van der Waals surface area contributed by atoms with Gasteiger partial charge in [-0.15, -0.1) is 0 Å². The lowest BCUT2D eigenvalue weighted by Gasteiger charge is -2.38. The molecule has 0 spiro atoms. The molecule has 7 heteroatoms. The van der Waals surface area contributed by atoms with E-state index in [2.05, 4.69) is 44.6 Å². The molecule has 0 radical (unpaired) electrons. The van der Waals surface area contributed by atoms with E-state index < -0.39 is 0 Å². The number of hydrogen-bond donors (Lipinski definition) is 3. The summed E-state index contributed by atoms with van der Waals surface area (Å²) in [5.74, 6) is 0.767. The maximum atomic E-state index is 12.4. The van der Waals surface area contributed by atoms with Gasteiger partial charge in [-0.3, -0.25) is 9.69 Å². The van der Waals surface area contributed by atoms with Gasteiger partial charge in [0.05, 0.1) is 18.4 Å². The molecule has 1 aromatic carbocycles. The summed E-state index contributed by atoms with van der Waals surface area (Å²) in [6.07, 6.45) is 5.51. The molecule has 7 nitrogen and oxygen atoms in total. The zero-order valence-electron chi connectivity index (χ0n) is 17.7. The number of aromatic amines is 1. The van der Waals surface area contributed by atoms with Crippen molar-refractivity contribution in [3.05, 3.63) is 53.9 Å². The van der Waals surface area contributed by atoms with Crippen molar-refractivity contribution in [2.45, 2.75) is 38.4 Å². The highest BCUT2D eigenvalue weighted by Gasteiger charge is 2.27. The molecule has 4 rings (SSSR count). The number of benzene rings is 1. The van der Waals surface area contributed by atoms with E-state index in [-0.39, 0.29) is 5.91 Å². The molecule has 0 aliphatic carbocycles. The Morgan fingerprint density at radius 3 is 3.00 bits per heavy atom. The Kier molecular flexibility index (Phi) is 5.90. The predicted octanol–water partition coefficient (Wildman–Crippen LogP) is 3.40. The molecular formula is C23H29N5O2. The van der Waals surface area contributed by atoms with Crippen LogP contribution in [0.15, 0.2) is 42.7 Å². The van der Waals surface area contributed by atoms with Gasteiger partial charge in [0.15, 0.2) is 0 Å². The van der Waals surface area contributed by atoms with Crippen molar-refractivity contribution in [1.29, 1.82) is 0 Å². The maximum Gasteiger partial charge on any atom is 0.254 e. The van der Waals surface area contributed by atoms with E-state index in [9.17, 15) is 4.79 Å². The van der Waals surface area contributed by atoms with Gasteiger partial charge in [-0.1, -0.05) is 12.1 Å². The Labute approximate surface area is 176 Å². The first-order valence-corrected chi connectivity index (χ1v) is 10.4. The molecule has 0 unspecified atom stereocenters. The number of H-pyrrole nitrogens is 1. The molecule has 158 valence electrons. The van der Waals surface area contributed by atoms with Gasteiger partial charge in [-0.25, -0.2) is 4.98 Å². The molecule has 3 heterocycles. The lowest BCUT2D eigenvalue weighted by molar-refractivity contribution is 0.0963. The van der Waals surface area contributed by atoms with Crippen LogP contribution in [0.5, 0.6) is 5.75 Å². The Bertz CT molecular complexity index is 1030. The molecule has 1 aliphatic rings. The minimum atomic E-state index is -0.128. The summed E-state index contributed by atoms with van der Waals surface area (Å²) in [7, 11) is 3.35. The first-order valence-electron chi connectivity index (χ1n) is 10.4. The number of carbonyl (C=O) groups is 1. The van der Waals surface area contributed by atoms with E-state index in [0.717, 1.165) is 48.4 Å². The molecule has 0 saturated carbocycles. The largest absolute Gasteiger partial charge is 0.497 e.